The molecule has 0 spiro atoms. The lowest BCUT2D eigenvalue weighted by Gasteiger charge is -2.07. The maximum Gasteiger partial charge on any atom is 0.287 e. The van der Waals surface area contributed by atoms with Crippen molar-refractivity contribution in [2.24, 2.45) is 0 Å². The van der Waals surface area contributed by atoms with Crippen molar-refractivity contribution in [1.29, 1.82) is 0 Å². The maximum atomic E-state index is 11.5. The predicted molar refractivity (Wildman–Crippen MR) is 63.2 cm³/mol. The van der Waals surface area contributed by atoms with Crippen LogP contribution in [0.2, 0.25) is 0 Å². The quantitative estimate of drug-likeness (QED) is 0.750. The first-order chi connectivity index (χ1) is 7.16. The number of rotatable bonds is 1. The van der Waals surface area contributed by atoms with Gasteiger partial charge in [-0.15, -0.1) is 0 Å². The van der Waals surface area contributed by atoms with Gasteiger partial charge in [0, 0.05) is 25.0 Å². The number of benzene rings is 1. The fourth-order valence-electron chi connectivity index (χ4n) is 1.29. The Kier molecular flexibility index (Phi) is 2.68. The van der Waals surface area contributed by atoms with Gasteiger partial charge in [-0.05, 0) is 23.9 Å². The van der Waals surface area contributed by atoms with Crippen molar-refractivity contribution in [2.45, 2.75) is 5.03 Å². The number of carbonyl (C=O) groups is 1. The summed E-state index contributed by atoms with van der Waals surface area (Å²) in [5.41, 5.74) is 1.06. The first kappa shape index (κ1) is 10.1. The van der Waals surface area contributed by atoms with Crippen LogP contribution < -0.4 is 0 Å². The van der Waals surface area contributed by atoms with Gasteiger partial charge in [0.15, 0.2) is 0 Å². The number of thioether (sulfide) groups is 1. The minimum absolute atomic E-state index is 0.0292. The normalized spacial score (nSPS) is 10.5. The average molecular weight is 220 g/mol. The molecule has 0 aliphatic rings. The first-order valence-electron chi connectivity index (χ1n) is 4.64. The fourth-order valence-corrected chi connectivity index (χ4v) is 2.00. The first-order valence-corrected chi connectivity index (χ1v) is 5.45. The number of nitrogens with one attached hydrogen (secondary N) is 1. The molecule has 0 unspecified atom stereocenters. The minimum Gasteiger partial charge on any atom is -0.349 e. The molecule has 3 nitrogen and oxygen atoms in total. The number of nitrogens with zero attached hydrogens (tertiary/aromatic N) is 1. The van der Waals surface area contributed by atoms with Crippen LogP contribution in [-0.2, 0) is 0 Å². The molecule has 0 aliphatic carbocycles. The molecule has 0 saturated carbocycles. The van der Waals surface area contributed by atoms with E-state index in [-0.39, 0.29) is 5.24 Å². The second-order valence-corrected chi connectivity index (χ2v) is 4.48. The molecule has 15 heavy (non-hydrogen) atoms. The second kappa shape index (κ2) is 3.98. The number of fused-ring (bicyclic) bond motifs is 1. The molecule has 2 rings (SSSR count). The van der Waals surface area contributed by atoms with E-state index >= 15 is 0 Å². The third-order valence-electron chi connectivity index (χ3n) is 2.07. The topological polar surface area (TPSA) is 36.1 Å². The van der Waals surface area contributed by atoms with E-state index < -0.39 is 0 Å². The summed E-state index contributed by atoms with van der Waals surface area (Å²) in [6, 6.07) is 9.97. The molecule has 0 fully saturated rings. The van der Waals surface area contributed by atoms with Crippen LogP contribution in [0.5, 0.6) is 0 Å². The summed E-state index contributed by atoms with van der Waals surface area (Å²) in [5.74, 6) is 0. The van der Waals surface area contributed by atoms with Gasteiger partial charge in [-0.1, -0.05) is 18.2 Å². The number of aromatic nitrogens is 1. The Bertz CT molecular complexity index is 457. The van der Waals surface area contributed by atoms with E-state index in [9.17, 15) is 4.79 Å². The summed E-state index contributed by atoms with van der Waals surface area (Å²) in [4.78, 5) is 16.2. The number of carbonyl (C=O) groups excluding carboxylic acids is 1. The van der Waals surface area contributed by atoms with Gasteiger partial charge in [-0.2, -0.15) is 0 Å². The zero-order valence-electron chi connectivity index (χ0n) is 8.65. The number of hydrogen-bond donors (Lipinski definition) is 1. The van der Waals surface area contributed by atoms with Gasteiger partial charge in [0.2, 0.25) is 0 Å². The molecular formula is C11H12N2OS. The van der Waals surface area contributed by atoms with Gasteiger partial charge in [-0.25, -0.2) is 0 Å². The lowest BCUT2D eigenvalue weighted by Crippen LogP contribution is -2.15. The fraction of sp³-hybridized carbons (Fsp3) is 0.182. The molecule has 1 heterocycles. The number of aromatic amines is 1. The van der Waals surface area contributed by atoms with Crippen molar-refractivity contribution in [2.75, 3.05) is 14.1 Å². The van der Waals surface area contributed by atoms with Crippen LogP contribution in [0.15, 0.2) is 35.4 Å². The third-order valence-corrected chi connectivity index (χ3v) is 3.05. The zero-order chi connectivity index (χ0) is 10.8. The Morgan fingerprint density at radius 3 is 2.73 bits per heavy atom. The molecule has 2 aromatic rings. The number of H-pyrrole nitrogens is 1. The Morgan fingerprint density at radius 2 is 2.07 bits per heavy atom. The number of hydrogen-bond acceptors (Lipinski definition) is 2. The van der Waals surface area contributed by atoms with Crippen LogP contribution in [0.4, 0.5) is 4.79 Å². The van der Waals surface area contributed by atoms with Gasteiger partial charge in [0.25, 0.3) is 5.24 Å². The van der Waals surface area contributed by atoms with Crippen LogP contribution in [0.1, 0.15) is 0 Å². The standard InChI is InChI=1S/C11H12N2OS/c1-13(2)11(14)15-10-7-8-5-3-4-6-9(8)12-10/h3-7,12H,1-2H3. The van der Waals surface area contributed by atoms with Crippen LogP contribution in [0.25, 0.3) is 10.9 Å². The van der Waals surface area contributed by atoms with Crippen molar-refractivity contribution in [3.05, 3.63) is 30.3 Å². The molecule has 0 bridgehead atoms. The summed E-state index contributed by atoms with van der Waals surface area (Å²) in [6.07, 6.45) is 0. The highest BCUT2D eigenvalue weighted by molar-refractivity contribution is 8.13. The number of para-hydroxylation sites is 1. The largest absolute Gasteiger partial charge is 0.349 e. The lowest BCUT2D eigenvalue weighted by atomic mass is 10.3. The van der Waals surface area contributed by atoms with Gasteiger partial charge in [0.1, 0.15) is 0 Å². The molecule has 1 N–H and O–H groups in total. The van der Waals surface area contributed by atoms with Crippen LogP contribution in [0, 0.1) is 0 Å². The molecule has 1 aromatic heterocycles. The molecule has 1 amide bonds. The second-order valence-electron chi connectivity index (χ2n) is 3.48. The Balaban J connectivity index is 2.26. The van der Waals surface area contributed by atoms with Crippen molar-refractivity contribution < 1.29 is 4.79 Å². The van der Waals surface area contributed by atoms with E-state index in [0.717, 1.165) is 15.9 Å². The summed E-state index contributed by atoms with van der Waals surface area (Å²) >= 11 is 1.21. The van der Waals surface area contributed by atoms with E-state index in [2.05, 4.69) is 4.98 Å². The van der Waals surface area contributed by atoms with E-state index in [1.807, 2.05) is 30.3 Å². The van der Waals surface area contributed by atoms with Crippen molar-refractivity contribution in [1.82, 2.24) is 9.88 Å². The highest BCUT2D eigenvalue weighted by atomic mass is 32.2. The Morgan fingerprint density at radius 1 is 1.33 bits per heavy atom. The van der Waals surface area contributed by atoms with E-state index in [4.69, 9.17) is 0 Å². The molecule has 4 heteroatoms. The Labute approximate surface area is 92.5 Å². The molecule has 0 saturated heterocycles. The molecule has 0 atom stereocenters. The van der Waals surface area contributed by atoms with Crippen LogP contribution in [0.3, 0.4) is 0 Å². The van der Waals surface area contributed by atoms with Crippen molar-refractivity contribution in [3.63, 3.8) is 0 Å². The average Bonchev–Trinajstić information content (AvgIpc) is 2.59. The molecule has 78 valence electrons. The minimum atomic E-state index is 0.0292. The SMILES string of the molecule is CN(C)C(=O)Sc1cc2ccccc2[nH]1. The summed E-state index contributed by atoms with van der Waals surface area (Å²) in [5, 5.41) is 2.04. The molecular weight excluding hydrogens is 208 g/mol. The lowest BCUT2D eigenvalue weighted by molar-refractivity contribution is 0.241. The van der Waals surface area contributed by atoms with E-state index in [1.165, 1.54) is 11.8 Å². The summed E-state index contributed by atoms with van der Waals surface area (Å²) in [6.45, 7) is 0. The molecule has 1 aromatic carbocycles. The van der Waals surface area contributed by atoms with Gasteiger partial charge in [0.05, 0.1) is 5.03 Å². The highest BCUT2D eigenvalue weighted by Crippen LogP contribution is 2.24. The zero-order valence-corrected chi connectivity index (χ0v) is 9.47. The summed E-state index contributed by atoms with van der Waals surface area (Å²) in [7, 11) is 3.50. The maximum absolute atomic E-state index is 11.5. The predicted octanol–water partition coefficient (Wildman–Crippen LogP) is 2.94. The summed E-state index contributed by atoms with van der Waals surface area (Å²) < 4.78 is 0. The van der Waals surface area contributed by atoms with Gasteiger partial charge in [-0.3, -0.25) is 4.79 Å². The monoisotopic (exact) mass is 220 g/mol. The van der Waals surface area contributed by atoms with Crippen LogP contribution >= 0.6 is 11.8 Å². The molecule has 0 aliphatic heterocycles. The van der Waals surface area contributed by atoms with E-state index in [1.54, 1.807) is 19.0 Å². The van der Waals surface area contributed by atoms with Crippen molar-refractivity contribution >= 4 is 27.9 Å². The van der Waals surface area contributed by atoms with Crippen LogP contribution in [-0.4, -0.2) is 29.2 Å². The van der Waals surface area contributed by atoms with Gasteiger partial charge >= 0.3 is 0 Å². The van der Waals surface area contributed by atoms with E-state index in [0.29, 0.717) is 0 Å². The third kappa shape index (κ3) is 2.15. The molecule has 0 radical (unpaired) electrons. The number of amides is 1. The van der Waals surface area contributed by atoms with Crippen molar-refractivity contribution in [3.8, 4) is 0 Å². The Hall–Kier alpha value is -1.42. The highest BCUT2D eigenvalue weighted by Gasteiger charge is 2.08. The van der Waals surface area contributed by atoms with Gasteiger partial charge < -0.3 is 9.88 Å². The smallest absolute Gasteiger partial charge is 0.287 e.